The van der Waals surface area contributed by atoms with Gasteiger partial charge in [-0.1, -0.05) is 50.6 Å². The molecule has 0 aliphatic carbocycles. The lowest BCUT2D eigenvalue weighted by molar-refractivity contribution is 0.371. The first-order chi connectivity index (χ1) is 13.0. The van der Waals surface area contributed by atoms with Gasteiger partial charge in [-0.15, -0.1) is 0 Å². The van der Waals surface area contributed by atoms with Gasteiger partial charge in [0.05, 0.1) is 10.9 Å². The molecule has 1 aliphatic heterocycles. The molecular weight excluding hydrogens is 370 g/mol. The minimum atomic E-state index is -3.74. The molecule has 0 unspecified atom stereocenters. The van der Waals surface area contributed by atoms with E-state index < -0.39 is 10.0 Å². The Morgan fingerprint density at radius 1 is 1.00 bits per heavy atom. The summed E-state index contributed by atoms with van der Waals surface area (Å²) in [7, 11) is 0.234. The van der Waals surface area contributed by atoms with E-state index in [9.17, 15) is 8.42 Å². The molecule has 0 bridgehead atoms. The van der Waals surface area contributed by atoms with E-state index in [2.05, 4.69) is 25.9 Å². The number of anilines is 1. The van der Waals surface area contributed by atoms with Crippen molar-refractivity contribution < 1.29 is 8.42 Å². The molecule has 0 saturated carbocycles. The number of nitrogens with zero attached hydrogens (tertiary/aromatic N) is 3. The molecule has 150 valence electrons. The average molecular weight is 400 g/mol. The lowest BCUT2D eigenvalue weighted by atomic mass is 9.86. The summed E-state index contributed by atoms with van der Waals surface area (Å²) in [5, 5.41) is 4.60. The minimum absolute atomic E-state index is 0.195. The first-order valence-electron chi connectivity index (χ1n) is 9.46. The lowest BCUT2D eigenvalue weighted by Crippen LogP contribution is -2.27. The average Bonchev–Trinajstić information content (AvgIpc) is 3.09. The van der Waals surface area contributed by atoms with E-state index in [1.807, 2.05) is 62.3 Å². The topological polar surface area (TPSA) is 53.0 Å². The maximum atomic E-state index is 13.4. The largest absolute Gasteiger partial charge is 0.378 e. The zero-order valence-corrected chi connectivity index (χ0v) is 18.3. The highest BCUT2D eigenvalue weighted by Crippen LogP contribution is 2.40. The van der Waals surface area contributed by atoms with Crippen LogP contribution < -0.4 is 4.90 Å². The smallest absolute Gasteiger partial charge is 0.279 e. The fourth-order valence-corrected chi connectivity index (χ4v) is 4.66. The van der Waals surface area contributed by atoms with Crippen molar-refractivity contribution in [1.29, 1.82) is 0 Å². The number of hydrogen-bond acceptors (Lipinski definition) is 4. The highest BCUT2D eigenvalue weighted by molar-refractivity contribution is 7.89. The summed E-state index contributed by atoms with van der Waals surface area (Å²) in [5.41, 5.74) is 3.75. The first kappa shape index (κ1) is 20.4. The molecule has 1 aliphatic rings. The number of hydrogen-bond donors (Lipinski definition) is 0. The Labute approximate surface area is 168 Å². The summed E-state index contributed by atoms with van der Waals surface area (Å²) >= 11 is 0. The molecule has 0 aromatic heterocycles. The van der Waals surface area contributed by atoms with Crippen LogP contribution in [-0.2, 0) is 10.0 Å². The molecule has 2 aromatic rings. The molecular formula is C22H29N3O2S. The molecule has 0 radical (unpaired) electrons. The zero-order chi connectivity index (χ0) is 20.7. The van der Waals surface area contributed by atoms with E-state index in [0.717, 1.165) is 22.5 Å². The van der Waals surface area contributed by atoms with Crippen LogP contribution >= 0.6 is 0 Å². The summed E-state index contributed by atoms with van der Waals surface area (Å²) in [6.07, 6.45) is 0.593. The summed E-state index contributed by atoms with van der Waals surface area (Å²) in [5.74, 6) is 0. The third-order valence-corrected chi connectivity index (χ3v) is 6.79. The van der Waals surface area contributed by atoms with Crippen LogP contribution in [0.15, 0.2) is 58.5 Å². The first-order valence-corrected chi connectivity index (χ1v) is 10.9. The van der Waals surface area contributed by atoms with Gasteiger partial charge in [-0.2, -0.15) is 17.9 Å². The van der Waals surface area contributed by atoms with Crippen LogP contribution in [0.2, 0.25) is 0 Å². The van der Waals surface area contributed by atoms with Crippen LogP contribution in [0.4, 0.5) is 5.69 Å². The van der Waals surface area contributed by atoms with Crippen LogP contribution in [-0.4, -0.2) is 32.6 Å². The Kier molecular flexibility index (Phi) is 5.28. The fraction of sp³-hybridized carbons (Fsp3) is 0.409. The molecule has 3 rings (SSSR count). The number of sulfonamides is 1. The maximum Gasteiger partial charge on any atom is 0.279 e. The van der Waals surface area contributed by atoms with Crippen molar-refractivity contribution in [3.63, 3.8) is 0 Å². The molecule has 0 saturated heterocycles. The normalized spacial score (nSPS) is 17.6. The van der Waals surface area contributed by atoms with Gasteiger partial charge in [-0.05, 0) is 36.8 Å². The second-order valence-electron chi connectivity index (χ2n) is 8.59. The second-order valence-corrected chi connectivity index (χ2v) is 10.4. The van der Waals surface area contributed by atoms with E-state index >= 15 is 0 Å². The SMILES string of the molecule is Cc1ccc(S(=O)(=O)N2N=C(C(C)(C)C)C[C@@H]2c2ccc(N(C)C)cc2)cc1. The van der Waals surface area contributed by atoms with Crippen molar-refractivity contribution in [1.82, 2.24) is 4.41 Å². The molecule has 28 heavy (non-hydrogen) atoms. The van der Waals surface area contributed by atoms with Gasteiger partial charge < -0.3 is 4.90 Å². The van der Waals surface area contributed by atoms with Gasteiger partial charge in [-0.3, -0.25) is 0 Å². The molecule has 0 spiro atoms. The van der Waals surface area contributed by atoms with Crippen LogP contribution in [0.25, 0.3) is 0 Å². The van der Waals surface area contributed by atoms with Gasteiger partial charge in [-0.25, -0.2) is 0 Å². The zero-order valence-electron chi connectivity index (χ0n) is 17.5. The number of rotatable bonds is 4. The van der Waals surface area contributed by atoms with Crippen molar-refractivity contribution >= 4 is 21.4 Å². The third-order valence-electron chi connectivity index (χ3n) is 5.10. The Morgan fingerprint density at radius 2 is 1.57 bits per heavy atom. The Hall–Kier alpha value is -2.34. The van der Waals surface area contributed by atoms with E-state index in [0.29, 0.717) is 6.42 Å². The molecule has 1 heterocycles. The fourth-order valence-electron chi connectivity index (χ4n) is 3.23. The molecule has 0 N–H and O–H groups in total. The summed E-state index contributed by atoms with van der Waals surface area (Å²) < 4.78 is 28.1. The van der Waals surface area contributed by atoms with Crippen LogP contribution in [0.3, 0.4) is 0 Å². The van der Waals surface area contributed by atoms with Crippen molar-refractivity contribution in [3.8, 4) is 0 Å². The number of hydrazone groups is 1. The van der Waals surface area contributed by atoms with E-state index in [1.165, 1.54) is 4.41 Å². The predicted molar refractivity (Wildman–Crippen MR) is 115 cm³/mol. The predicted octanol–water partition coefficient (Wildman–Crippen LogP) is 4.60. The molecule has 6 heteroatoms. The summed E-state index contributed by atoms with van der Waals surface area (Å²) in [6, 6.07) is 14.6. The maximum absolute atomic E-state index is 13.4. The van der Waals surface area contributed by atoms with Gasteiger partial charge in [0, 0.05) is 37.3 Å². The lowest BCUT2D eigenvalue weighted by Gasteiger charge is -2.24. The highest BCUT2D eigenvalue weighted by Gasteiger charge is 2.40. The Bertz CT molecular complexity index is 970. The quantitative estimate of drug-likeness (QED) is 0.755. The number of benzene rings is 2. The Morgan fingerprint density at radius 3 is 2.07 bits per heavy atom. The molecule has 2 aromatic carbocycles. The van der Waals surface area contributed by atoms with Crippen molar-refractivity contribution in [2.75, 3.05) is 19.0 Å². The third kappa shape index (κ3) is 3.92. The van der Waals surface area contributed by atoms with Crippen molar-refractivity contribution in [3.05, 3.63) is 59.7 Å². The minimum Gasteiger partial charge on any atom is -0.378 e. The standard InChI is InChI=1S/C22H29N3O2S/c1-16-7-13-19(14-8-16)28(26,27)25-20(15-21(23-25)22(2,3)4)17-9-11-18(12-10-17)24(5)6/h7-14,20H,15H2,1-6H3/t20-/m1/s1. The molecule has 1 atom stereocenters. The monoisotopic (exact) mass is 399 g/mol. The van der Waals surface area contributed by atoms with Crippen molar-refractivity contribution in [2.45, 2.75) is 45.1 Å². The van der Waals surface area contributed by atoms with Gasteiger partial charge >= 0.3 is 0 Å². The van der Waals surface area contributed by atoms with Gasteiger partial charge in [0.2, 0.25) is 0 Å². The van der Waals surface area contributed by atoms with Crippen LogP contribution in [0.1, 0.15) is 44.4 Å². The van der Waals surface area contributed by atoms with E-state index in [4.69, 9.17) is 0 Å². The van der Waals surface area contributed by atoms with Crippen LogP contribution in [0.5, 0.6) is 0 Å². The van der Waals surface area contributed by atoms with Gasteiger partial charge in [0.25, 0.3) is 10.0 Å². The van der Waals surface area contributed by atoms with E-state index in [-0.39, 0.29) is 16.4 Å². The van der Waals surface area contributed by atoms with Gasteiger partial charge in [0.15, 0.2) is 0 Å². The number of aryl methyl sites for hydroxylation is 1. The van der Waals surface area contributed by atoms with Crippen LogP contribution in [0, 0.1) is 12.3 Å². The van der Waals surface area contributed by atoms with E-state index in [1.54, 1.807) is 12.1 Å². The van der Waals surface area contributed by atoms with Gasteiger partial charge in [0.1, 0.15) is 0 Å². The summed E-state index contributed by atoms with van der Waals surface area (Å²) in [6.45, 7) is 8.15. The Balaban J connectivity index is 2.05. The molecule has 0 amide bonds. The van der Waals surface area contributed by atoms with Crippen molar-refractivity contribution in [2.24, 2.45) is 10.5 Å². The highest BCUT2D eigenvalue weighted by atomic mass is 32.2. The molecule has 5 nitrogen and oxygen atoms in total. The summed E-state index contributed by atoms with van der Waals surface area (Å²) in [4.78, 5) is 2.29. The molecule has 0 fully saturated rings. The second kappa shape index (κ2) is 7.24.